The summed E-state index contributed by atoms with van der Waals surface area (Å²) in [5.41, 5.74) is 6.03. The molecule has 0 saturated heterocycles. The van der Waals surface area contributed by atoms with E-state index in [0.29, 0.717) is 0 Å². The zero-order chi connectivity index (χ0) is 14.1. The second-order valence-corrected chi connectivity index (χ2v) is 7.01. The van der Waals surface area contributed by atoms with Crippen LogP contribution < -0.4 is 5.73 Å². The van der Waals surface area contributed by atoms with Crippen molar-refractivity contribution in [3.05, 3.63) is 0 Å². The SMILES string of the molecule is CN(CC1(N(C)C)CCC1)C(=O)C(N)C(C)(C)C. The predicted octanol–water partition coefficient (Wildman–Crippen LogP) is 1.30. The fraction of sp³-hybridized carbons (Fsp3) is 0.929. The van der Waals surface area contributed by atoms with E-state index in [0.717, 1.165) is 6.54 Å². The van der Waals surface area contributed by atoms with Crippen LogP contribution in [0.1, 0.15) is 40.0 Å². The van der Waals surface area contributed by atoms with Gasteiger partial charge in [0.25, 0.3) is 0 Å². The second-order valence-electron chi connectivity index (χ2n) is 7.01. The zero-order valence-electron chi connectivity index (χ0n) is 12.8. The third-order valence-corrected chi connectivity index (χ3v) is 4.34. The van der Waals surface area contributed by atoms with Gasteiger partial charge in [-0.15, -0.1) is 0 Å². The Labute approximate surface area is 111 Å². The van der Waals surface area contributed by atoms with E-state index < -0.39 is 6.04 Å². The quantitative estimate of drug-likeness (QED) is 0.824. The minimum absolute atomic E-state index is 0.0515. The van der Waals surface area contributed by atoms with Gasteiger partial charge in [0.15, 0.2) is 0 Å². The number of carbonyl (C=O) groups is 1. The highest BCUT2D eigenvalue weighted by Gasteiger charge is 2.41. The number of carbonyl (C=O) groups excluding carboxylic acids is 1. The van der Waals surface area contributed by atoms with Crippen LogP contribution >= 0.6 is 0 Å². The molecule has 0 aromatic carbocycles. The highest BCUT2D eigenvalue weighted by Crippen LogP contribution is 2.36. The molecule has 1 aliphatic rings. The highest BCUT2D eigenvalue weighted by atomic mass is 16.2. The summed E-state index contributed by atoms with van der Waals surface area (Å²) in [6.45, 7) is 6.81. The molecule has 18 heavy (non-hydrogen) atoms. The third-order valence-electron chi connectivity index (χ3n) is 4.34. The number of amides is 1. The standard InChI is InChI=1S/C14H29N3O/c1-13(2,3)11(15)12(18)17(6)10-14(16(4)5)8-7-9-14/h11H,7-10,15H2,1-6H3. The Morgan fingerprint density at radius 1 is 1.28 bits per heavy atom. The van der Waals surface area contributed by atoms with Crippen molar-refractivity contribution >= 4 is 5.91 Å². The molecule has 106 valence electrons. The lowest BCUT2D eigenvalue weighted by Gasteiger charge is -2.49. The summed E-state index contributed by atoms with van der Waals surface area (Å²) in [6, 6.07) is -0.429. The van der Waals surface area contributed by atoms with Crippen molar-refractivity contribution in [3.8, 4) is 0 Å². The molecule has 2 N–H and O–H groups in total. The molecule has 4 heteroatoms. The van der Waals surface area contributed by atoms with Gasteiger partial charge in [-0.05, 0) is 38.8 Å². The van der Waals surface area contributed by atoms with Gasteiger partial charge in [0, 0.05) is 19.1 Å². The fourth-order valence-electron chi connectivity index (χ4n) is 2.46. The molecule has 0 bridgehead atoms. The molecule has 0 aromatic heterocycles. The Kier molecular flexibility index (Phi) is 4.44. The number of nitrogens with two attached hydrogens (primary N) is 1. The van der Waals surface area contributed by atoms with Crippen LogP contribution in [0.5, 0.6) is 0 Å². The number of nitrogens with zero attached hydrogens (tertiary/aromatic N) is 2. The Morgan fingerprint density at radius 2 is 1.78 bits per heavy atom. The maximum atomic E-state index is 12.3. The van der Waals surface area contributed by atoms with Crippen LogP contribution in [0.25, 0.3) is 0 Å². The Hall–Kier alpha value is -0.610. The van der Waals surface area contributed by atoms with E-state index in [1.807, 2.05) is 32.7 Å². The van der Waals surface area contributed by atoms with Gasteiger partial charge in [0.1, 0.15) is 0 Å². The van der Waals surface area contributed by atoms with E-state index in [1.54, 1.807) is 0 Å². The number of hydrogen-bond acceptors (Lipinski definition) is 3. The minimum atomic E-state index is -0.429. The third kappa shape index (κ3) is 3.04. The maximum Gasteiger partial charge on any atom is 0.239 e. The van der Waals surface area contributed by atoms with Gasteiger partial charge in [-0.2, -0.15) is 0 Å². The molecule has 1 saturated carbocycles. The monoisotopic (exact) mass is 255 g/mol. The fourth-order valence-corrected chi connectivity index (χ4v) is 2.46. The molecule has 1 aliphatic carbocycles. The van der Waals surface area contributed by atoms with Crippen molar-refractivity contribution in [3.63, 3.8) is 0 Å². The van der Waals surface area contributed by atoms with E-state index in [9.17, 15) is 4.79 Å². The van der Waals surface area contributed by atoms with Gasteiger partial charge in [-0.1, -0.05) is 20.8 Å². The van der Waals surface area contributed by atoms with E-state index in [1.165, 1.54) is 19.3 Å². The summed E-state index contributed by atoms with van der Waals surface area (Å²) in [7, 11) is 6.07. The molecule has 0 heterocycles. The topological polar surface area (TPSA) is 49.6 Å². The molecule has 1 rings (SSSR count). The first kappa shape index (κ1) is 15.4. The Bertz CT molecular complexity index is 303. The van der Waals surface area contributed by atoms with Gasteiger partial charge in [-0.3, -0.25) is 4.79 Å². The summed E-state index contributed by atoms with van der Waals surface area (Å²) >= 11 is 0. The molecule has 0 spiro atoms. The van der Waals surface area contributed by atoms with Gasteiger partial charge >= 0.3 is 0 Å². The molecule has 1 amide bonds. The van der Waals surface area contributed by atoms with Crippen molar-refractivity contribution in [2.75, 3.05) is 27.7 Å². The molecular weight excluding hydrogens is 226 g/mol. The van der Waals surface area contributed by atoms with Crippen LogP contribution in [0.4, 0.5) is 0 Å². The lowest BCUT2D eigenvalue weighted by atomic mass is 9.75. The lowest BCUT2D eigenvalue weighted by molar-refractivity contribution is -0.136. The number of likely N-dealkylation sites (N-methyl/N-ethyl adjacent to an activating group) is 2. The van der Waals surface area contributed by atoms with E-state index in [4.69, 9.17) is 5.73 Å². The zero-order valence-corrected chi connectivity index (χ0v) is 12.8. The van der Waals surface area contributed by atoms with E-state index in [-0.39, 0.29) is 16.9 Å². The summed E-state index contributed by atoms with van der Waals surface area (Å²) in [4.78, 5) is 16.4. The van der Waals surface area contributed by atoms with Crippen molar-refractivity contribution in [1.82, 2.24) is 9.80 Å². The molecule has 0 radical (unpaired) electrons. The van der Waals surface area contributed by atoms with Crippen LogP contribution in [0.3, 0.4) is 0 Å². The molecular formula is C14H29N3O. The largest absolute Gasteiger partial charge is 0.343 e. The lowest BCUT2D eigenvalue weighted by Crippen LogP contribution is -2.60. The van der Waals surface area contributed by atoms with E-state index in [2.05, 4.69) is 19.0 Å². The number of hydrogen-bond donors (Lipinski definition) is 1. The van der Waals surface area contributed by atoms with Crippen molar-refractivity contribution < 1.29 is 4.79 Å². The van der Waals surface area contributed by atoms with Crippen LogP contribution in [-0.4, -0.2) is 55.0 Å². The average molecular weight is 255 g/mol. The Morgan fingerprint density at radius 3 is 2.06 bits per heavy atom. The average Bonchev–Trinajstić information content (AvgIpc) is 2.18. The summed E-state index contributed by atoms with van der Waals surface area (Å²) in [5, 5.41) is 0. The molecule has 1 fully saturated rings. The summed E-state index contributed by atoms with van der Waals surface area (Å²) < 4.78 is 0. The van der Waals surface area contributed by atoms with Gasteiger partial charge in [0.2, 0.25) is 5.91 Å². The molecule has 1 atom stereocenters. The number of rotatable bonds is 4. The van der Waals surface area contributed by atoms with E-state index >= 15 is 0 Å². The smallest absolute Gasteiger partial charge is 0.239 e. The van der Waals surface area contributed by atoms with Crippen molar-refractivity contribution in [2.24, 2.45) is 11.1 Å². The van der Waals surface area contributed by atoms with Crippen LogP contribution in [0.15, 0.2) is 0 Å². The molecule has 4 nitrogen and oxygen atoms in total. The van der Waals surface area contributed by atoms with Gasteiger partial charge in [-0.25, -0.2) is 0 Å². The predicted molar refractivity (Wildman–Crippen MR) is 75.3 cm³/mol. The van der Waals surface area contributed by atoms with Gasteiger partial charge < -0.3 is 15.5 Å². The van der Waals surface area contributed by atoms with Gasteiger partial charge in [0.05, 0.1) is 6.04 Å². The second kappa shape index (κ2) is 5.17. The molecule has 1 unspecified atom stereocenters. The Balaban J connectivity index is 2.65. The van der Waals surface area contributed by atoms with Crippen molar-refractivity contribution in [2.45, 2.75) is 51.6 Å². The minimum Gasteiger partial charge on any atom is -0.343 e. The van der Waals surface area contributed by atoms with Crippen LogP contribution in [0, 0.1) is 5.41 Å². The van der Waals surface area contributed by atoms with Crippen molar-refractivity contribution in [1.29, 1.82) is 0 Å². The summed E-state index contributed by atoms with van der Waals surface area (Å²) in [6.07, 6.45) is 3.59. The first-order valence-electron chi connectivity index (χ1n) is 6.78. The summed E-state index contributed by atoms with van der Waals surface area (Å²) in [5.74, 6) is 0.0515. The molecule has 0 aliphatic heterocycles. The molecule has 0 aromatic rings. The first-order chi connectivity index (χ1) is 8.10. The normalized spacial score (nSPS) is 20.4. The highest BCUT2D eigenvalue weighted by molar-refractivity contribution is 5.82. The van der Waals surface area contributed by atoms with Crippen LogP contribution in [-0.2, 0) is 4.79 Å². The first-order valence-corrected chi connectivity index (χ1v) is 6.78. The maximum absolute atomic E-state index is 12.3. The van der Waals surface area contributed by atoms with Crippen LogP contribution in [0.2, 0.25) is 0 Å².